The number of carbonyl (C=O) groups excluding carboxylic acids is 1. The first-order valence-electron chi connectivity index (χ1n) is 15.2. The molecule has 0 heterocycles. The summed E-state index contributed by atoms with van der Waals surface area (Å²) in [7, 11) is 0. The molecule has 1 saturated carbocycles. The van der Waals surface area contributed by atoms with Crippen molar-refractivity contribution in [3.8, 4) is 11.1 Å². The highest BCUT2D eigenvalue weighted by Gasteiger charge is 2.31. The maximum atomic E-state index is 13.4. The summed E-state index contributed by atoms with van der Waals surface area (Å²) >= 11 is 1.58. The zero-order chi connectivity index (χ0) is 29.1. The monoisotopic (exact) mass is 566 g/mol. The van der Waals surface area contributed by atoms with Crippen molar-refractivity contribution < 1.29 is 14.7 Å². The Bertz CT molecular complexity index is 1100. The highest BCUT2D eigenvalue weighted by Crippen LogP contribution is 2.38. The first-order valence-corrected chi connectivity index (χ1v) is 16.6. The van der Waals surface area contributed by atoms with Crippen molar-refractivity contribution in [2.24, 2.45) is 23.7 Å². The van der Waals surface area contributed by atoms with Crippen LogP contribution in [0.4, 0.5) is 0 Å². The van der Waals surface area contributed by atoms with Gasteiger partial charge in [0.2, 0.25) is 0 Å². The van der Waals surface area contributed by atoms with Gasteiger partial charge in [0, 0.05) is 12.1 Å². The standard InChI is InChI=1S/C34H50N2O3S/c1-6-27(23(2)3)31(26-13-8-7-9-14-26)22-35-21-25-16-17-29(30(20-25)28-15-11-10-12-24(28)4)33(37)36-32(34(38)39)18-19-40-5/h10-12,15-17,20,23,26-27,31-32,35H,6-9,13-14,18-19,21-22H2,1-5H3,(H,36,37)(H,38,39)/t27?,31?,32-/m0/s1. The zero-order valence-corrected chi connectivity index (χ0v) is 26.0. The van der Waals surface area contributed by atoms with Gasteiger partial charge in [-0.1, -0.05) is 89.6 Å². The molecule has 40 heavy (non-hydrogen) atoms. The summed E-state index contributed by atoms with van der Waals surface area (Å²) in [5, 5.41) is 16.2. The van der Waals surface area contributed by atoms with Crippen LogP contribution >= 0.6 is 11.8 Å². The van der Waals surface area contributed by atoms with Crippen molar-refractivity contribution >= 4 is 23.6 Å². The van der Waals surface area contributed by atoms with Crippen LogP contribution in [0.3, 0.4) is 0 Å². The van der Waals surface area contributed by atoms with E-state index in [1.807, 2.05) is 49.6 Å². The van der Waals surface area contributed by atoms with E-state index >= 15 is 0 Å². The number of hydrogen-bond acceptors (Lipinski definition) is 4. The fourth-order valence-electron chi connectivity index (χ4n) is 6.61. The summed E-state index contributed by atoms with van der Waals surface area (Å²) < 4.78 is 0. The summed E-state index contributed by atoms with van der Waals surface area (Å²) in [6.45, 7) is 10.9. The highest BCUT2D eigenvalue weighted by atomic mass is 32.2. The average Bonchev–Trinajstić information content (AvgIpc) is 2.95. The first-order chi connectivity index (χ1) is 19.3. The minimum atomic E-state index is -1.00. The van der Waals surface area contributed by atoms with Crippen LogP contribution in [0.2, 0.25) is 0 Å². The van der Waals surface area contributed by atoms with Gasteiger partial charge in [-0.2, -0.15) is 11.8 Å². The maximum Gasteiger partial charge on any atom is 0.326 e. The molecule has 6 heteroatoms. The molecular weight excluding hydrogens is 516 g/mol. The van der Waals surface area contributed by atoms with E-state index in [1.54, 1.807) is 11.8 Å². The number of aliphatic carboxylic acids is 1. The van der Waals surface area contributed by atoms with E-state index in [-0.39, 0.29) is 5.91 Å². The molecule has 1 amide bonds. The molecule has 0 spiro atoms. The Balaban J connectivity index is 1.83. The van der Waals surface area contributed by atoms with E-state index in [1.165, 1.54) is 38.5 Å². The largest absolute Gasteiger partial charge is 0.480 e. The van der Waals surface area contributed by atoms with Gasteiger partial charge in [-0.25, -0.2) is 4.79 Å². The molecule has 0 bridgehead atoms. The van der Waals surface area contributed by atoms with E-state index in [2.05, 4.69) is 37.5 Å². The molecule has 0 radical (unpaired) electrons. The Morgan fingerprint density at radius 2 is 1.77 bits per heavy atom. The molecule has 2 aromatic rings. The summed E-state index contributed by atoms with van der Waals surface area (Å²) in [4.78, 5) is 25.2. The second-order valence-electron chi connectivity index (χ2n) is 11.8. The van der Waals surface area contributed by atoms with Crippen LogP contribution in [0, 0.1) is 30.6 Å². The Hall–Kier alpha value is -2.31. The quantitative estimate of drug-likeness (QED) is 0.207. The molecule has 5 nitrogen and oxygen atoms in total. The summed E-state index contributed by atoms with van der Waals surface area (Å²) in [6.07, 6.45) is 10.3. The number of benzene rings is 2. The van der Waals surface area contributed by atoms with Crippen molar-refractivity contribution in [2.45, 2.75) is 85.2 Å². The van der Waals surface area contributed by atoms with Crippen LogP contribution in [0.25, 0.3) is 11.1 Å². The van der Waals surface area contributed by atoms with Crippen molar-refractivity contribution in [3.63, 3.8) is 0 Å². The van der Waals surface area contributed by atoms with Crippen LogP contribution in [-0.2, 0) is 11.3 Å². The second-order valence-corrected chi connectivity index (χ2v) is 12.8. The van der Waals surface area contributed by atoms with Gasteiger partial charge in [0.1, 0.15) is 6.04 Å². The lowest BCUT2D eigenvalue weighted by Gasteiger charge is -2.38. The minimum absolute atomic E-state index is 0.341. The third kappa shape index (κ3) is 8.84. The van der Waals surface area contributed by atoms with E-state index in [9.17, 15) is 14.7 Å². The number of carboxylic acid groups (broad SMARTS) is 1. The Labute approximate surface area is 246 Å². The van der Waals surface area contributed by atoms with Gasteiger partial charge >= 0.3 is 5.97 Å². The second kappa shape index (κ2) is 16.2. The SMILES string of the molecule is CCC(C(C)C)C(CNCc1ccc(C(=O)N[C@@H](CCSC)C(=O)O)c(-c2ccccc2C)c1)C1CCCCC1. The van der Waals surface area contributed by atoms with Gasteiger partial charge in [0.15, 0.2) is 0 Å². The fraction of sp³-hybridized carbons (Fsp3) is 0.588. The van der Waals surface area contributed by atoms with Crippen LogP contribution in [0.5, 0.6) is 0 Å². The molecule has 220 valence electrons. The van der Waals surface area contributed by atoms with Crippen LogP contribution in [0.15, 0.2) is 42.5 Å². The van der Waals surface area contributed by atoms with Crippen LogP contribution < -0.4 is 10.6 Å². The smallest absolute Gasteiger partial charge is 0.326 e. The predicted octanol–water partition coefficient (Wildman–Crippen LogP) is 7.57. The lowest BCUT2D eigenvalue weighted by Crippen LogP contribution is -2.41. The first kappa shape index (κ1) is 32.2. The number of nitrogens with one attached hydrogen (secondary N) is 2. The molecule has 0 aliphatic heterocycles. The normalized spacial score (nSPS) is 16.4. The molecule has 2 unspecified atom stereocenters. The van der Waals surface area contributed by atoms with E-state index in [4.69, 9.17) is 0 Å². The molecule has 0 aromatic heterocycles. The van der Waals surface area contributed by atoms with E-state index in [0.717, 1.165) is 47.2 Å². The fourth-order valence-corrected chi connectivity index (χ4v) is 7.08. The Kier molecular flexibility index (Phi) is 13.1. The summed E-state index contributed by atoms with van der Waals surface area (Å²) in [6, 6.07) is 13.1. The summed E-state index contributed by atoms with van der Waals surface area (Å²) in [5.74, 6) is 2.21. The topological polar surface area (TPSA) is 78.4 Å². The summed E-state index contributed by atoms with van der Waals surface area (Å²) in [5.41, 5.74) is 4.57. The number of carbonyl (C=O) groups is 2. The number of hydrogen-bond donors (Lipinski definition) is 3. The molecule has 3 rings (SSSR count). The molecular formula is C34H50N2O3S. The van der Waals surface area contributed by atoms with Gasteiger partial charge in [-0.15, -0.1) is 0 Å². The molecule has 0 saturated heterocycles. The average molecular weight is 567 g/mol. The number of amides is 1. The molecule has 3 N–H and O–H groups in total. The van der Waals surface area contributed by atoms with Gasteiger partial charge in [0.25, 0.3) is 5.91 Å². The Morgan fingerprint density at radius 1 is 1.05 bits per heavy atom. The van der Waals surface area contributed by atoms with Crippen LogP contribution in [0.1, 0.15) is 87.2 Å². The maximum absolute atomic E-state index is 13.4. The van der Waals surface area contributed by atoms with Gasteiger partial charge in [-0.05, 0) is 90.0 Å². The molecule has 2 aromatic carbocycles. The number of thioether (sulfide) groups is 1. The number of rotatable bonds is 15. The predicted molar refractivity (Wildman–Crippen MR) is 169 cm³/mol. The molecule has 3 atom stereocenters. The number of aryl methyl sites for hydroxylation is 1. The Morgan fingerprint density at radius 3 is 2.40 bits per heavy atom. The molecule has 1 aliphatic rings. The van der Waals surface area contributed by atoms with Crippen molar-refractivity contribution in [2.75, 3.05) is 18.6 Å². The van der Waals surface area contributed by atoms with E-state index < -0.39 is 12.0 Å². The van der Waals surface area contributed by atoms with Crippen molar-refractivity contribution in [1.82, 2.24) is 10.6 Å². The molecule has 1 fully saturated rings. The zero-order valence-electron chi connectivity index (χ0n) is 25.2. The van der Waals surface area contributed by atoms with Gasteiger partial charge in [-0.3, -0.25) is 4.79 Å². The lowest BCUT2D eigenvalue weighted by atomic mass is 9.70. The van der Waals surface area contributed by atoms with E-state index in [0.29, 0.717) is 29.6 Å². The van der Waals surface area contributed by atoms with Gasteiger partial charge < -0.3 is 15.7 Å². The number of carboxylic acids is 1. The highest BCUT2D eigenvalue weighted by molar-refractivity contribution is 7.98. The van der Waals surface area contributed by atoms with Crippen molar-refractivity contribution in [3.05, 3.63) is 59.2 Å². The third-order valence-corrected chi connectivity index (χ3v) is 9.46. The third-order valence-electron chi connectivity index (χ3n) is 8.82. The van der Waals surface area contributed by atoms with Crippen molar-refractivity contribution in [1.29, 1.82) is 0 Å². The molecule has 1 aliphatic carbocycles. The lowest BCUT2D eigenvalue weighted by molar-refractivity contribution is -0.139. The van der Waals surface area contributed by atoms with Crippen LogP contribution in [-0.4, -0.2) is 41.6 Å². The minimum Gasteiger partial charge on any atom is -0.480 e. The van der Waals surface area contributed by atoms with Gasteiger partial charge in [0.05, 0.1) is 0 Å².